The summed E-state index contributed by atoms with van der Waals surface area (Å²) < 4.78 is 14.6. The molecule has 4 rings (SSSR count). The lowest BCUT2D eigenvalue weighted by atomic mass is 9.70. The second-order valence-electron chi connectivity index (χ2n) is 7.16. The largest absolute Gasteiger partial charge is 0.294 e. The Morgan fingerprint density at radius 2 is 1.90 bits per heavy atom. The van der Waals surface area contributed by atoms with Gasteiger partial charge in [0, 0.05) is 16.7 Å². The molecule has 0 unspecified atom stereocenters. The SMILES string of the molecule is CC1(C)[C@@H]2CC[C@@]1(C)c1[nH]n(-c3ccc(F)cc3)c(=O)c12. The van der Waals surface area contributed by atoms with Gasteiger partial charge in [0.1, 0.15) is 5.82 Å². The average molecular weight is 286 g/mol. The highest BCUT2D eigenvalue weighted by Crippen LogP contribution is 2.66. The summed E-state index contributed by atoms with van der Waals surface area (Å²) in [5.74, 6) is 0.0296. The van der Waals surface area contributed by atoms with Crippen LogP contribution in [0.4, 0.5) is 4.39 Å². The quantitative estimate of drug-likeness (QED) is 0.856. The number of hydrogen-bond acceptors (Lipinski definition) is 1. The number of benzene rings is 1. The number of H-pyrrole nitrogens is 1. The Kier molecular flexibility index (Phi) is 2.25. The van der Waals surface area contributed by atoms with Crippen molar-refractivity contribution < 1.29 is 4.39 Å². The Hall–Kier alpha value is -1.84. The highest BCUT2D eigenvalue weighted by molar-refractivity contribution is 5.46. The fourth-order valence-electron chi connectivity index (χ4n) is 4.42. The molecule has 1 aromatic carbocycles. The minimum atomic E-state index is -0.293. The normalized spacial score (nSPS) is 28.9. The number of hydrogen-bond donors (Lipinski definition) is 1. The molecule has 0 aliphatic heterocycles. The zero-order valence-corrected chi connectivity index (χ0v) is 12.5. The molecule has 1 heterocycles. The molecule has 2 aliphatic carbocycles. The summed E-state index contributed by atoms with van der Waals surface area (Å²) >= 11 is 0. The topological polar surface area (TPSA) is 37.8 Å². The third-order valence-corrected chi connectivity index (χ3v) is 6.14. The van der Waals surface area contributed by atoms with Crippen LogP contribution in [-0.4, -0.2) is 9.78 Å². The van der Waals surface area contributed by atoms with Gasteiger partial charge in [-0.05, 0) is 48.4 Å². The van der Waals surface area contributed by atoms with Crippen LogP contribution in [0.5, 0.6) is 0 Å². The zero-order valence-electron chi connectivity index (χ0n) is 12.5. The number of nitrogens with zero attached hydrogens (tertiary/aromatic N) is 1. The predicted octanol–water partition coefficient (Wildman–Crippen LogP) is 3.48. The Morgan fingerprint density at radius 1 is 1.24 bits per heavy atom. The van der Waals surface area contributed by atoms with Crippen molar-refractivity contribution in [2.24, 2.45) is 5.41 Å². The van der Waals surface area contributed by atoms with Crippen molar-refractivity contribution in [2.75, 3.05) is 0 Å². The fraction of sp³-hybridized carbons (Fsp3) is 0.471. The highest BCUT2D eigenvalue weighted by atomic mass is 19.1. The van der Waals surface area contributed by atoms with Gasteiger partial charge in [-0.1, -0.05) is 20.8 Å². The summed E-state index contributed by atoms with van der Waals surface area (Å²) in [5, 5.41) is 3.31. The Labute approximate surface area is 122 Å². The number of aromatic nitrogens is 2. The van der Waals surface area contributed by atoms with E-state index >= 15 is 0 Å². The molecule has 21 heavy (non-hydrogen) atoms. The number of halogens is 1. The summed E-state index contributed by atoms with van der Waals surface area (Å²) in [6, 6.07) is 6.04. The smallest absolute Gasteiger partial charge is 0.274 e. The molecule has 2 aromatic rings. The van der Waals surface area contributed by atoms with Crippen molar-refractivity contribution >= 4 is 0 Å². The number of aromatic amines is 1. The lowest BCUT2D eigenvalue weighted by molar-refractivity contribution is 0.224. The van der Waals surface area contributed by atoms with E-state index in [1.807, 2.05) is 0 Å². The van der Waals surface area contributed by atoms with Crippen LogP contribution in [0.2, 0.25) is 0 Å². The van der Waals surface area contributed by atoms with Crippen molar-refractivity contribution in [3.63, 3.8) is 0 Å². The first-order valence-electron chi connectivity index (χ1n) is 7.47. The van der Waals surface area contributed by atoms with Crippen LogP contribution >= 0.6 is 0 Å². The molecule has 3 nitrogen and oxygen atoms in total. The van der Waals surface area contributed by atoms with Gasteiger partial charge in [-0.25, -0.2) is 9.07 Å². The molecule has 2 atom stereocenters. The standard InChI is InChI=1S/C17H19FN2O/c1-16(2)12-8-9-17(16,3)14-13(12)15(21)20(19-14)11-6-4-10(18)5-7-11/h4-7,12,19H,8-9H2,1-3H3/t12-,17+/m1/s1. The maximum atomic E-state index is 13.1. The fourth-order valence-corrected chi connectivity index (χ4v) is 4.42. The first kappa shape index (κ1) is 12.9. The zero-order chi connectivity index (χ0) is 15.0. The van der Waals surface area contributed by atoms with Crippen LogP contribution in [0.25, 0.3) is 5.69 Å². The Morgan fingerprint density at radius 3 is 2.52 bits per heavy atom. The van der Waals surface area contributed by atoms with E-state index in [2.05, 4.69) is 25.9 Å². The van der Waals surface area contributed by atoms with Gasteiger partial charge in [0.15, 0.2) is 0 Å². The monoisotopic (exact) mass is 286 g/mol. The van der Waals surface area contributed by atoms with E-state index in [1.165, 1.54) is 12.1 Å². The third-order valence-electron chi connectivity index (χ3n) is 6.14. The van der Waals surface area contributed by atoms with Crippen LogP contribution in [0, 0.1) is 11.2 Å². The van der Waals surface area contributed by atoms with Gasteiger partial charge in [0.25, 0.3) is 5.56 Å². The van der Waals surface area contributed by atoms with Crippen LogP contribution in [0.3, 0.4) is 0 Å². The highest BCUT2D eigenvalue weighted by Gasteiger charge is 2.61. The van der Waals surface area contributed by atoms with Gasteiger partial charge in [-0.3, -0.25) is 9.89 Å². The molecule has 1 saturated carbocycles. The number of rotatable bonds is 1. The lowest BCUT2D eigenvalue weighted by Gasteiger charge is -2.34. The molecule has 1 aromatic heterocycles. The molecule has 110 valence electrons. The van der Waals surface area contributed by atoms with E-state index in [4.69, 9.17) is 0 Å². The molecule has 0 radical (unpaired) electrons. The molecular weight excluding hydrogens is 267 g/mol. The molecule has 0 spiro atoms. The lowest BCUT2D eigenvalue weighted by Crippen LogP contribution is -2.33. The van der Waals surface area contributed by atoms with Gasteiger partial charge in [0.2, 0.25) is 0 Å². The molecular formula is C17H19FN2O. The van der Waals surface area contributed by atoms with Gasteiger partial charge in [-0.2, -0.15) is 0 Å². The van der Waals surface area contributed by atoms with Gasteiger partial charge < -0.3 is 0 Å². The second-order valence-corrected chi connectivity index (χ2v) is 7.16. The molecule has 0 amide bonds. The van der Waals surface area contributed by atoms with Gasteiger partial charge in [0.05, 0.1) is 5.69 Å². The number of fused-ring (bicyclic) bond motifs is 5. The summed E-state index contributed by atoms with van der Waals surface area (Å²) in [4.78, 5) is 12.8. The summed E-state index contributed by atoms with van der Waals surface area (Å²) in [6.45, 7) is 6.78. The van der Waals surface area contributed by atoms with E-state index in [9.17, 15) is 9.18 Å². The Bertz CT molecular complexity index is 784. The third kappa shape index (κ3) is 1.36. The van der Waals surface area contributed by atoms with Crippen molar-refractivity contribution in [3.8, 4) is 5.69 Å². The molecule has 2 aliphatic rings. The summed E-state index contributed by atoms with van der Waals surface area (Å²) in [7, 11) is 0. The van der Waals surface area contributed by atoms with Crippen LogP contribution in [0.1, 0.15) is 50.8 Å². The van der Waals surface area contributed by atoms with E-state index in [-0.39, 0.29) is 22.2 Å². The number of nitrogens with one attached hydrogen (secondary N) is 1. The first-order valence-corrected chi connectivity index (χ1v) is 7.47. The first-order chi connectivity index (χ1) is 9.86. The molecule has 1 N–H and O–H groups in total. The second kappa shape index (κ2) is 3.67. The summed E-state index contributed by atoms with van der Waals surface area (Å²) in [6.07, 6.45) is 2.19. The molecule has 1 fully saturated rings. The van der Waals surface area contributed by atoms with Crippen LogP contribution in [0.15, 0.2) is 29.1 Å². The van der Waals surface area contributed by atoms with Gasteiger partial charge in [-0.15, -0.1) is 0 Å². The minimum Gasteiger partial charge on any atom is -0.294 e. The van der Waals surface area contributed by atoms with Crippen molar-refractivity contribution in [3.05, 3.63) is 51.7 Å². The van der Waals surface area contributed by atoms with E-state index in [1.54, 1.807) is 16.8 Å². The summed E-state index contributed by atoms with van der Waals surface area (Å²) in [5.41, 5.74) is 2.89. The maximum absolute atomic E-state index is 13.1. The predicted molar refractivity (Wildman–Crippen MR) is 79.5 cm³/mol. The molecule has 2 bridgehead atoms. The average Bonchev–Trinajstić information content (AvgIpc) is 2.95. The molecule has 4 heteroatoms. The Balaban J connectivity index is 1.93. The van der Waals surface area contributed by atoms with E-state index in [0.717, 1.165) is 24.1 Å². The van der Waals surface area contributed by atoms with E-state index in [0.29, 0.717) is 11.6 Å². The van der Waals surface area contributed by atoms with Crippen LogP contribution < -0.4 is 5.56 Å². The van der Waals surface area contributed by atoms with Crippen molar-refractivity contribution in [1.29, 1.82) is 0 Å². The molecule has 0 saturated heterocycles. The van der Waals surface area contributed by atoms with Crippen molar-refractivity contribution in [1.82, 2.24) is 9.78 Å². The maximum Gasteiger partial charge on any atom is 0.274 e. The van der Waals surface area contributed by atoms with Gasteiger partial charge >= 0.3 is 0 Å². The van der Waals surface area contributed by atoms with E-state index < -0.39 is 0 Å². The van der Waals surface area contributed by atoms with Crippen LogP contribution in [-0.2, 0) is 5.41 Å². The van der Waals surface area contributed by atoms with Crippen molar-refractivity contribution in [2.45, 2.75) is 44.9 Å². The minimum absolute atomic E-state index is 0.0252.